The van der Waals surface area contributed by atoms with Gasteiger partial charge in [0.25, 0.3) is 0 Å². The van der Waals surface area contributed by atoms with Crippen LogP contribution >= 0.6 is 23.1 Å². The van der Waals surface area contributed by atoms with E-state index in [1.165, 1.54) is 29.2 Å². The van der Waals surface area contributed by atoms with Gasteiger partial charge in [-0.05, 0) is 30.3 Å². The van der Waals surface area contributed by atoms with Gasteiger partial charge in [-0.2, -0.15) is 0 Å². The predicted molar refractivity (Wildman–Crippen MR) is 99.8 cm³/mol. The lowest BCUT2D eigenvalue weighted by molar-refractivity contribution is -0.113. The van der Waals surface area contributed by atoms with Crippen molar-refractivity contribution < 1.29 is 18.3 Å². The topological polar surface area (TPSA) is 51.2 Å². The second-order valence-electron chi connectivity index (χ2n) is 5.15. The Hall–Kier alpha value is -2.45. The summed E-state index contributed by atoms with van der Waals surface area (Å²) in [7, 11) is 1.58. The first-order valence-electron chi connectivity index (χ1n) is 7.53. The number of thiazole rings is 1. The van der Waals surface area contributed by atoms with E-state index >= 15 is 0 Å². The molecule has 0 unspecified atom stereocenters. The van der Waals surface area contributed by atoms with E-state index in [1.54, 1.807) is 12.5 Å². The monoisotopic (exact) mass is 392 g/mol. The molecule has 0 aliphatic rings. The molecule has 1 N–H and O–H groups in total. The molecule has 2 aromatic carbocycles. The van der Waals surface area contributed by atoms with E-state index in [0.717, 1.165) is 17.0 Å². The van der Waals surface area contributed by atoms with Crippen LogP contribution in [0.4, 0.5) is 13.9 Å². The van der Waals surface area contributed by atoms with Crippen molar-refractivity contribution in [1.29, 1.82) is 0 Å². The molecule has 0 spiro atoms. The molecule has 0 fully saturated rings. The number of anilines is 1. The predicted octanol–water partition coefficient (Wildman–Crippen LogP) is 4.83. The average molecular weight is 392 g/mol. The number of methoxy groups -OCH3 is 1. The summed E-state index contributed by atoms with van der Waals surface area (Å²) in [6.45, 7) is 0. The molecule has 0 radical (unpaired) electrons. The second-order valence-corrected chi connectivity index (χ2v) is 7.03. The Bertz CT molecular complexity index is 931. The molecule has 3 rings (SSSR count). The van der Waals surface area contributed by atoms with Gasteiger partial charge in [0, 0.05) is 15.8 Å². The summed E-state index contributed by atoms with van der Waals surface area (Å²) >= 11 is 2.57. The van der Waals surface area contributed by atoms with Crippen LogP contribution < -0.4 is 10.1 Å². The number of amides is 1. The molecular weight excluding hydrogens is 378 g/mol. The van der Waals surface area contributed by atoms with Gasteiger partial charge in [-0.15, -0.1) is 23.1 Å². The van der Waals surface area contributed by atoms with Crippen LogP contribution in [-0.2, 0) is 4.79 Å². The number of hydrogen-bond acceptors (Lipinski definition) is 5. The van der Waals surface area contributed by atoms with Crippen LogP contribution in [0.2, 0.25) is 0 Å². The van der Waals surface area contributed by atoms with Gasteiger partial charge in [0.2, 0.25) is 5.91 Å². The third-order valence-corrected chi connectivity index (χ3v) is 5.21. The van der Waals surface area contributed by atoms with Gasteiger partial charge in [-0.1, -0.05) is 12.1 Å². The van der Waals surface area contributed by atoms with Crippen LogP contribution in [0.25, 0.3) is 11.3 Å². The number of thioether (sulfide) groups is 1. The van der Waals surface area contributed by atoms with Crippen molar-refractivity contribution in [2.45, 2.75) is 4.90 Å². The molecule has 0 saturated heterocycles. The number of halogens is 2. The number of carbonyl (C=O) groups excluding carboxylic acids is 1. The Labute approximate surface area is 157 Å². The summed E-state index contributed by atoms with van der Waals surface area (Å²) in [5, 5.41) is 4.78. The fourth-order valence-corrected chi connectivity index (χ4v) is 3.72. The number of aromatic nitrogens is 1. The smallest absolute Gasteiger partial charge is 0.236 e. The zero-order valence-corrected chi connectivity index (χ0v) is 15.3. The molecule has 0 aliphatic heterocycles. The molecule has 0 aliphatic carbocycles. The van der Waals surface area contributed by atoms with Gasteiger partial charge in [-0.3, -0.25) is 4.79 Å². The number of benzene rings is 2. The summed E-state index contributed by atoms with van der Waals surface area (Å²) in [5.41, 5.74) is 0.922. The zero-order chi connectivity index (χ0) is 18.5. The minimum absolute atomic E-state index is 0.195. The highest BCUT2D eigenvalue weighted by molar-refractivity contribution is 8.00. The molecule has 8 heteroatoms. The van der Waals surface area contributed by atoms with E-state index in [9.17, 15) is 13.6 Å². The quantitative estimate of drug-likeness (QED) is 0.611. The molecule has 0 atom stereocenters. The summed E-state index contributed by atoms with van der Waals surface area (Å²) in [6, 6.07) is 11.0. The number of para-hydroxylation sites is 1. The fourth-order valence-electron chi connectivity index (χ4n) is 2.16. The number of rotatable bonds is 6. The van der Waals surface area contributed by atoms with Gasteiger partial charge in [0.15, 0.2) is 16.8 Å². The van der Waals surface area contributed by atoms with Gasteiger partial charge in [0.1, 0.15) is 5.75 Å². The first kappa shape index (κ1) is 18.3. The molecule has 0 bridgehead atoms. The van der Waals surface area contributed by atoms with E-state index in [-0.39, 0.29) is 11.7 Å². The zero-order valence-electron chi connectivity index (χ0n) is 13.7. The third kappa shape index (κ3) is 4.39. The largest absolute Gasteiger partial charge is 0.496 e. The lowest BCUT2D eigenvalue weighted by Crippen LogP contribution is -2.13. The summed E-state index contributed by atoms with van der Waals surface area (Å²) in [6.07, 6.45) is 0. The van der Waals surface area contributed by atoms with E-state index in [4.69, 9.17) is 4.74 Å². The van der Waals surface area contributed by atoms with Crippen LogP contribution in [-0.4, -0.2) is 23.8 Å². The molecule has 1 amide bonds. The molecular formula is C18H14F2N2O2S2. The van der Waals surface area contributed by atoms with Gasteiger partial charge in [-0.25, -0.2) is 13.8 Å². The molecule has 1 heterocycles. The van der Waals surface area contributed by atoms with Crippen molar-refractivity contribution in [3.63, 3.8) is 0 Å². The average Bonchev–Trinajstić information content (AvgIpc) is 3.11. The molecule has 0 saturated carbocycles. The second kappa shape index (κ2) is 8.29. The Kier molecular flexibility index (Phi) is 5.85. The Balaban J connectivity index is 1.61. The van der Waals surface area contributed by atoms with Crippen molar-refractivity contribution in [2.24, 2.45) is 0 Å². The van der Waals surface area contributed by atoms with Crippen LogP contribution in [0.1, 0.15) is 0 Å². The number of nitrogens with zero attached hydrogens (tertiary/aromatic N) is 1. The minimum atomic E-state index is -0.936. The van der Waals surface area contributed by atoms with E-state index in [2.05, 4.69) is 10.3 Å². The van der Waals surface area contributed by atoms with Crippen LogP contribution in [0.5, 0.6) is 5.75 Å². The maximum Gasteiger partial charge on any atom is 0.236 e. The molecule has 1 aromatic heterocycles. The molecule has 3 aromatic rings. The van der Waals surface area contributed by atoms with E-state index in [1.807, 2.05) is 24.3 Å². The SMILES string of the molecule is COc1ccccc1SCC(=O)Nc1nc(-c2ccc(F)c(F)c2)cs1. The van der Waals surface area contributed by atoms with Crippen LogP contribution in [0.3, 0.4) is 0 Å². The standard InChI is InChI=1S/C18H14F2N2O2S2/c1-24-15-4-2-3-5-16(15)25-10-17(23)22-18-21-14(9-26-18)11-6-7-12(19)13(20)8-11/h2-9H,10H2,1H3,(H,21,22,23). The number of carbonyl (C=O) groups is 1. The first-order chi connectivity index (χ1) is 12.6. The first-order valence-corrected chi connectivity index (χ1v) is 9.40. The van der Waals surface area contributed by atoms with Gasteiger partial charge in [0.05, 0.1) is 18.6 Å². The van der Waals surface area contributed by atoms with Gasteiger partial charge < -0.3 is 10.1 Å². The number of hydrogen-bond donors (Lipinski definition) is 1. The fraction of sp³-hybridized carbons (Fsp3) is 0.111. The third-order valence-electron chi connectivity index (χ3n) is 3.39. The van der Waals surface area contributed by atoms with Crippen molar-refractivity contribution in [3.05, 3.63) is 59.5 Å². The highest BCUT2D eigenvalue weighted by Gasteiger charge is 2.11. The van der Waals surface area contributed by atoms with Crippen molar-refractivity contribution in [1.82, 2.24) is 4.98 Å². The highest BCUT2D eigenvalue weighted by atomic mass is 32.2. The van der Waals surface area contributed by atoms with Crippen LogP contribution in [0.15, 0.2) is 52.7 Å². The van der Waals surface area contributed by atoms with Crippen LogP contribution in [0, 0.1) is 11.6 Å². The minimum Gasteiger partial charge on any atom is -0.496 e. The summed E-state index contributed by atoms with van der Waals surface area (Å²) in [4.78, 5) is 17.2. The van der Waals surface area contributed by atoms with E-state index in [0.29, 0.717) is 22.1 Å². The number of ether oxygens (including phenoxy) is 1. The summed E-state index contributed by atoms with van der Waals surface area (Å²) in [5.74, 6) is -1.16. The number of nitrogens with one attached hydrogen (secondary N) is 1. The lowest BCUT2D eigenvalue weighted by atomic mass is 10.2. The maximum absolute atomic E-state index is 13.3. The Morgan fingerprint density at radius 3 is 2.81 bits per heavy atom. The van der Waals surface area contributed by atoms with Crippen molar-refractivity contribution >= 4 is 34.1 Å². The molecule has 26 heavy (non-hydrogen) atoms. The van der Waals surface area contributed by atoms with Crippen molar-refractivity contribution in [3.8, 4) is 17.0 Å². The van der Waals surface area contributed by atoms with E-state index < -0.39 is 11.6 Å². The van der Waals surface area contributed by atoms with Crippen molar-refractivity contribution in [2.75, 3.05) is 18.2 Å². The molecule has 4 nitrogen and oxygen atoms in total. The normalized spacial score (nSPS) is 10.6. The summed E-state index contributed by atoms with van der Waals surface area (Å²) < 4.78 is 31.6. The highest BCUT2D eigenvalue weighted by Crippen LogP contribution is 2.29. The lowest BCUT2D eigenvalue weighted by Gasteiger charge is -2.07. The Morgan fingerprint density at radius 1 is 1.23 bits per heavy atom. The Morgan fingerprint density at radius 2 is 2.04 bits per heavy atom. The maximum atomic E-state index is 13.3. The van der Waals surface area contributed by atoms with Gasteiger partial charge >= 0.3 is 0 Å². The molecule has 134 valence electrons.